The van der Waals surface area contributed by atoms with E-state index in [4.69, 9.17) is 9.47 Å². The minimum Gasteiger partial charge on any atom is -0.468 e. The second kappa shape index (κ2) is 5.48. The van der Waals surface area contributed by atoms with E-state index in [1.165, 1.54) is 14.2 Å². The molecular formula is C13H16O4. The summed E-state index contributed by atoms with van der Waals surface area (Å²) in [4.78, 5) is 23.9. The van der Waals surface area contributed by atoms with Gasteiger partial charge in [0.05, 0.1) is 14.2 Å². The summed E-state index contributed by atoms with van der Waals surface area (Å²) < 4.78 is 9.49. The molecule has 1 aromatic rings. The van der Waals surface area contributed by atoms with Crippen molar-refractivity contribution in [1.29, 1.82) is 0 Å². The number of benzene rings is 1. The van der Waals surface area contributed by atoms with Crippen molar-refractivity contribution in [2.45, 2.75) is 18.8 Å². The van der Waals surface area contributed by atoms with Gasteiger partial charge in [0.2, 0.25) is 0 Å². The third-order valence-corrected chi connectivity index (χ3v) is 2.86. The summed E-state index contributed by atoms with van der Waals surface area (Å²) in [5.41, 5.74) is -0.786. The Balaban J connectivity index is 3.36. The van der Waals surface area contributed by atoms with E-state index >= 15 is 0 Å². The van der Waals surface area contributed by atoms with Gasteiger partial charge in [-0.05, 0) is 12.0 Å². The lowest BCUT2D eigenvalue weighted by molar-refractivity contribution is -0.162. The van der Waals surface area contributed by atoms with Crippen molar-refractivity contribution in [3.8, 4) is 0 Å². The molecule has 0 aromatic heterocycles. The molecule has 1 aromatic carbocycles. The van der Waals surface area contributed by atoms with Gasteiger partial charge in [-0.2, -0.15) is 0 Å². The Hall–Kier alpha value is -1.84. The van der Waals surface area contributed by atoms with E-state index in [0.29, 0.717) is 5.56 Å². The molecule has 0 atom stereocenters. The van der Waals surface area contributed by atoms with Crippen LogP contribution in [0.4, 0.5) is 0 Å². The zero-order chi connectivity index (χ0) is 12.9. The van der Waals surface area contributed by atoms with Gasteiger partial charge in [-0.3, -0.25) is 9.59 Å². The van der Waals surface area contributed by atoms with E-state index < -0.39 is 17.4 Å². The van der Waals surface area contributed by atoms with Crippen LogP contribution in [-0.2, 0) is 24.5 Å². The van der Waals surface area contributed by atoms with Gasteiger partial charge in [-0.1, -0.05) is 37.3 Å². The number of hydrogen-bond acceptors (Lipinski definition) is 4. The van der Waals surface area contributed by atoms with E-state index in [9.17, 15) is 9.59 Å². The molecule has 1 rings (SSSR count). The van der Waals surface area contributed by atoms with Gasteiger partial charge in [0.15, 0.2) is 5.41 Å². The van der Waals surface area contributed by atoms with Gasteiger partial charge in [-0.25, -0.2) is 0 Å². The van der Waals surface area contributed by atoms with Crippen molar-refractivity contribution in [2.75, 3.05) is 14.2 Å². The van der Waals surface area contributed by atoms with Crippen LogP contribution in [0, 0.1) is 0 Å². The van der Waals surface area contributed by atoms with Crippen LogP contribution in [0.5, 0.6) is 0 Å². The second-order valence-corrected chi connectivity index (χ2v) is 3.61. The smallest absolute Gasteiger partial charge is 0.327 e. The number of hydrogen-bond donors (Lipinski definition) is 0. The van der Waals surface area contributed by atoms with Crippen molar-refractivity contribution < 1.29 is 19.1 Å². The fraction of sp³-hybridized carbons (Fsp3) is 0.385. The molecule has 0 saturated heterocycles. The Kier molecular flexibility index (Phi) is 4.26. The fourth-order valence-corrected chi connectivity index (χ4v) is 1.88. The Morgan fingerprint density at radius 2 is 1.53 bits per heavy atom. The minimum absolute atomic E-state index is 0.288. The van der Waals surface area contributed by atoms with E-state index in [0.717, 1.165) is 0 Å². The Morgan fingerprint density at radius 3 is 1.88 bits per heavy atom. The standard InChI is InChI=1S/C13H16O4/c1-4-13(11(14)16-2,12(15)17-3)10-8-6-5-7-9-10/h5-9H,4H2,1-3H3. The highest BCUT2D eigenvalue weighted by Crippen LogP contribution is 2.30. The lowest BCUT2D eigenvalue weighted by Crippen LogP contribution is -2.45. The van der Waals surface area contributed by atoms with Crippen molar-refractivity contribution in [1.82, 2.24) is 0 Å². The number of methoxy groups -OCH3 is 2. The van der Waals surface area contributed by atoms with E-state index in [1.807, 2.05) is 6.07 Å². The normalized spacial score (nSPS) is 10.8. The first-order valence-corrected chi connectivity index (χ1v) is 5.35. The number of carbonyl (C=O) groups excluding carboxylic acids is 2. The Bertz CT molecular complexity index is 381. The molecule has 4 nitrogen and oxygen atoms in total. The molecule has 0 bridgehead atoms. The number of carbonyl (C=O) groups is 2. The predicted octanol–water partition coefficient (Wildman–Crippen LogP) is 1.68. The van der Waals surface area contributed by atoms with E-state index in [-0.39, 0.29) is 6.42 Å². The van der Waals surface area contributed by atoms with Crippen LogP contribution in [0.2, 0.25) is 0 Å². The van der Waals surface area contributed by atoms with Gasteiger partial charge in [0.1, 0.15) is 0 Å². The maximum Gasteiger partial charge on any atom is 0.327 e. The molecule has 0 unspecified atom stereocenters. The molecule has 92 valence electrons. The SMILES string of the molecule is CCC(C(=O)OC)(C(=O)OC)c1ccccc1. The van der Waals surface area contributed by atoms with E-state index in [2.05, 4.69) is 0 Å². The molecule has 0 aliphatic rings. The molecule has 0 N–H and O–H groups in total. The average molecular weight is 236 g/mol. The number of rotatable bonds is 4. The van der Waals surface area contributed by atoms with Crippen LogP contribution >= 0.6 is 0 Å². The summed E-state index contributed by atoms with van der Waals surface area (Å²) in [6, 6.07) is 8.80. The molecule has 0 aliphatic heterocycles. The predicted molar refractivity (Wildman–Crippen MR) is 62.4 cm³/mol. The molecular weight excluding hydrogens is 220 g/mol. The summed E-state index contributed by atoms with van der Waals surface area (Å²) in [7, 11) is 2.53. The highest BCUT2D eigenvalue weighted by Gasteiger charge is 2.48. The molecule has 0 heterocycles. The number of esters is 2. The molecule has 0 saturated carbocycles. The largest absolute Gasteiger partial charge is 0.468 e. The zero-order valence-electron chi connectivity index (χ0n) is 10.2. The fourth-order valence-electron chi connectivity index (χ4n) is 1.88. The van der Waals surface area contributed by atoms with Gasteiger partial charge in [0.25, 0.3) is 0 Å². The lowest BCUT2D eigenvalue weighted by Gasteiger charge is -2.27. The molecule has 0 aliphatic carbocycles. The monoisotopic (exact) mass is 236 g/mol. The van der Waals surface area contributed by atoms with Crippen molar-refractivity contribution in [3.63, 3.8) is 0 Å². The summed E-state index contributed by atoms with van der Waals surface area (Å²) in [5.74, 6) is -1.20. The van der Waals surface area contributed by atoms with Crippen LogP contribution in [-0.4, -0.2) is 26.2 Å². The second-order valence-electron chi connectivity index (χ2n) is 3.61. The number of ether oxygens (including phenoxy) is 2. The maximum atomic E-state index is 11.9. The minimum atomic E-state index is -1.37. The van der Waals surface area contributed by atoms with Crippen LogP contribution in [0.1, 0.15) is 18.9 Å². The van der Waals surface area contributed by atoms with Crippen molar-refractivity contribution in [3.05, 3.63) is 35.9 Å². The first-order chi connectivity index (χ1) is 8.13. The van der Waals surface area contributed by atoms with Gasteiger partial charge < -0.3 is 9.47 Å². The van der Waals surface area contributed by atoms with E-state index in [1.54, 1.807) is 31.2 Å². The highest BCUT2D eigenvalue weighted by atomic mass is 16.5. The Morgan fingerprint density at radius 1 is 1.06 bits per heavy atom. The summed E-state index contributed by atoms with van der Waals surface area (Å²) in [6.07, 6.45) is 0.288. The molecule has 0 fully saturated rings. The van der Waals surface area contributed by atoms with Crippen LogP contribution in [0.25, 0.3) is 0 Å². The quantitative estimate of drug-likeness (QED) is 0.589. The van der Waals surface area contributed by atoms with Gasteiger partial charge >= 0.3 is 11.9 Å². The Labute approximate surface area is 101 Å². The molecule has 17 heavy (non-hydrogen) atoms. The van der Waals surface area contributed by atoms with Crippen LogP contribution in [0.15, 0.2) is 30.3 Å². The lowest BCUT2D eigenvalue weighted by atomic mass is 9.78. The first kappa shape index (κ1) is 13.2. The average Bonchev–Trinajstić information content (AvgIpc) is 2.40. The van der Waals surface area contributed by atoms with Crippen molar-refractivity contribution in [2.24, 2.45) is 0 Å². The van der Waals surface area contributed by atoms with Gasteiger partial charge in [0, 0.05) is 0 Å². The maximum absolute atomic E-state index is 11.9. The van der Waals surface area contributed by atoms with Crippen LogP contribution in [0.3, 0.4) is 0 Å². The van der Waals surface area contributed by atoms with Gasteiger partial charge in [-0.15, -0.1) is 0 Å². The molecule has 0 radical (unpaired) electrons. The topological polar surface area (TPSA) is 52.6 Å². The van der Waals surface area contributed by atoms with Crippen LogP contribution < -0.4 is 0 Å². The zero-order valence-corrected chi connectivity index (χ0v) is 10.2. The molecule has 0 spiro atoms. The van der Waals surface area contributed by atoms with Crippen molar-refractivity contribution >= 4 is 11.9 Å². The third-order valence-electron chi connectivity index (χ3n) is 2.86. The third kappa shape index (κ3) is 2.16. The summed E-state index contributed by atoms with van der Waals surface area (Å²) in [5, 5.41) is 0. The summed E-state index contributed by atoms with van der Waals surface area (Å²) >= 11 is 0. The molecule has 0 amide bonds. The summed E-state index contributed by atoms with van der Waals surface area (Å²) in [6.45, 7) is 1.75. The molecule has 4 heteroatoms. The first-order valence-electron chi connectivity index (χ1n) is 5.35. The highest BCUT2D eigenvalue weighted by molar-refractivity contribution is 6.06.